The van der Waals surface area contributed by atoms with E-state index in [0.717, 1.165) is 23.3 Å². The summed E-state index contributed by atoms with van der Waals surface area (Å²) in [6, 6.07) is -0.865. The Hall–Kier alpha value is -1.54. The molecule has 0 unspecified atom stereocenters. The molecule has 0 aliphatic carbocycles. The van der Waals surface area contributed by atoms with E-state index < -0.39 is 40.0 Å². The number of hydrogen-bond donors (Lipinski definition) is 3. The first-order valence-corrected chi connectivity index (χ1v) is 14.4. The molecule has 4 N–H and O–H groups in total. The SMILES string of the molecule is Nc1nc(C(=CCl)C(=O)N[C@@H]2C(=O)N3C(C(=O)O)=C(CS[C@H]4CC[S@@](=O)C4)CS[C@@H]23)cs1. The molecule has 4 heterocycles. The van der Waals surface area contributed by atoms with Crippen molar-refractivity contribution < 1.29 is 23.7 Å². The van der Waals surface area contributed by atoms with Crippen molar-refractivity contribution in [3.8, 4) is 0 Å². The van der Waals surface area contributed by atoms with Gasteiger partial charge in [-0.1, -0.05) is 11.6 Å². The molecule has 172 valence electrons. The van der Waals surface area contributed by atoms with Crippen LogP contribution in [0.2, 0.25) is 0 Å². The van der Waals surface area contributed by atoms with Gasteiger partial charge in [0.25, 0.3) is 11.8 Å². The van der Waals surface area contributed by atoms with Gasteiger partial charge in [-0.05, 0) is 12.0 Å². The van der Waals surface area contributed by atoms with Gasteiger partial charge in [0.05, 0.1) is 11.3 Å². The Balaban J connectivity index is 1.45. The van der Waals surface area contributed by atoms with Crippen LogP contribution >= 0.6 is 46.5 Å². The molecule has 2 fully saturated rings. The van der Waals surface area contributed by atoms with Gasteiger partial charge in [0, 0.05) is 50.0 Å². The summed E-state index contributed by atoms with van der Waals surface area (Å²) in [5.41, 5.74) is 7.71. The predicted octanol–water partition coefficient (Wildman–Crippen LogP) is 1.30. The van der Waals surface area contributed by atoms with Crippen molar-refractivity contribution in [3.05, 3.63) is 27.9 Å². The number of anilines is 1. The fourth-order valence-electron chi connectivity index (χ4n) is 3.63. The van der Waals surface area contributed by atoms with E-state index in [4.69, 9.17) is 17.3 Å². The normalized spacial score (nSPS) is 27.8. The Morgan fingerprint density at radius 2 is 2.28 bits per heavy atom. The number of aliphatic carboxylic acids is 1. The molecule has 3 aliphatic rings. The number of nitrogens with one attached hydrogen (secondary N) is 1. The Kier molecular flexibility index (Phi) is 7.20. The average Bonchev–Trinajstić information content (AvgIpc) is 3.38. The largest absolute Gasteiger partial charge is 0.477 e. The summed E-state index contributed by atoms with van der Waals surface area (Å²) in [4.78, 5) is 42.7. The lowest BCUT2D eigenvalue weighted by atomic mass is 10.0. The fraction of sp³-hybridized carbons (Fsp3) is 0.444. The second-order valence-corrected chi connectivity index (χ2v) is 12.4. The number of amides is 2. The van der Waals surface area contributed by atoms with Crippen LogP contribution in [0.3, 0.4) is 0 Å². The van der Waals surface area contributed by atoms with Gasteiger partial charge in [0.15, 0.2) is 5.13 Å². The van der Waals surface area contributed by atoms with Crippen LogP contribution in [0.5, 0.6) is 0 Å². The predicted molar refractivity (Wildman–Crippen MR) is 129 cm³/mol. The van der Waals surface area contributed by atoms with Crippen LogP contribution in [-0.4, -0.2) is 76.7 Å². The van der Waals surface area contributed by atoms with Crippen molar-refractivity contribution in [1.29, 1.82) is 0 Å². The number of hydrogen-bond acceptors (Lipinski definition) is 9. The number of aromatic nitrogens is 1. The summed E-state index contributed by atoms with van der Waals surface area (Å²) in [7, 11) is -0.800. The van der Waals surface area contributed by atoms with Gasteiger partial charge < -0.3 is 16.2 Å². The summed E-state index contributed by atoms with van der Waals surface area (Å²) in [5.74, 6) is -0.0332. The molecule has 0 bridgehead atoms. The van der Waals surface area contributed by atoms with Gasteiger partial charge in [-0.3, -0.25) is 18.7 Å². The summed E-state index contributed by atoms with van der Waals surface area (Å²) in [5, 5.41) is 14.0. The third kappa shape index (κ3) is 4.58. The maximum Gasteiger partial charge on any atom is 0.352 e. The number of nitrogens with zero attached hydrogens (tertiary/aromatic N) is 2. The van der Waals surface area contributed by atoms with E-state index in [-0.39, 0.29) is 21.7 Å². The summed E-state index contributed by atoms with van der Waals surface area (Å²) >= 11 is 9.95. The van der Waals surface area contributed by atoms with E-state index in [0.29, 0.717) is 34.3 Å². The second-order valence-electron chi connectivity index (χ2n) is 7.24. The molecule has 2 amide bonds. The van der Waals surface area contributed by atoms with Crippen molar-refractivity contribution >= 4 is 85.7 Å². The van der Waals surface area contributed by atoms with Gasteiger partial charge in [-0.25, -0.2) is 9.78 Å². The van der Waals surface area contributed by atoms with Crippen LogP contribution in [0.1, 0.15) is 12.1 Å². The smallest absolute Gasteiger partial charge is 0.352 e. The lowest BCUT2D eigenvalue weighted by Crippen LogP contribution is -2.70. The molecule has 4 rings (SSSR count). The van der Waals surface area contributed by atoms with Gasteiger partial charge >= 0.3 is 5.97 Å². The van der Waals surface area contributed by atoms with Crippen LogP contribution in [0, 0.1) is 0 Å². The second kappa shape index (κ2) is 9.75. The number of halogens is 1. The Bertz CT molecular complexity index is 1060. The van der Waals surface area contributed by atoms with Gasteiger partial charge in [0.2, 0.25) is 0 Å². The zero-order valence-electron chi connectivity index (χ0n) is 16.5. The van der Waals surface area contributed by atoms with Crippen molar-refractivity contribution in [2.45, 2.75) is 23.1 Å². The zero-order valence-corrected chi connectivity index (χ0v) is 20.5. The number of nitrogen functional groups attached to an aromatic ring is 1. The number of thiazole rings is 1. The number of carboxylic acid groups (broad SMARTS) is 1. The van der Waals surface area contributed by atoms with E-state index in [1.807, 2.05) is 0 Å². The molecule has 0 radical (unpaired) electrons. The fourth-order valence-corrected chi connectivity index (χ4v) is 9.13. The molecule has 0 saturated carbocycles. The number of carbonyl (C=O) groups is 3. The molecule has 1 aromatic heterocycles. The summed E-state index contributed by atoms with van der Waals surface area (Å²) in [6.07, 6.45) is 0.848. The monoisotopic (exact) mass is 534 g/mol. The zero-order chi connectivity index (χ0) is 23.0. The Morgan fingerprint density at radius 3 is 2.88 bits per heavy atom. The van der Waals surface area contributed by atoms with Crippen molar-refractivity contribution in [3.63, 3.8) is 0 Å². The number of fused-ring (bicyclic) bond motifs is 1. The first kappa shape index (κ1) is 23.6. The molecular formula is C18H19ClN4O5S4. The van der Waals surface area contributed by atoms with E-state index >= 15 is 0 Å². The highest BCUT2D eigenvalue weighted by Gasteiger charge is 2.54. The van der Waals surface area contributed by atoms with Crippen molar-refractivity contribution in [2.24, 2.45) is 0 Å². The summed E-state index contributed by atoms with van der Waals surface area (Å²) < 4.78 is 11.6. The van der Waals surface area contributed by atoms with E-state index in [2.05, 4.69) is 10.3 Å². The molecule has 0 spiro atoms. The molecule has 14 heteroatoms. The van der Waals surface area contributed by atoms with Crippen LogP contribution in [0.25, 0.3) is 5.57 Å². The van der Waals surface area contributed by atoms with Crippen LogP contribution in [0.15, 0.2) is 22.2 Å². The minimum Gasteiger partial charge on any atom is -0.477 e. The van der Waals surface area contributed by atoms with Crippen LogP contribution in [-0.2, 0) is 25.2 Å². The van der Waals surface area contributed by atoms with E-state index in [1.165, 1.54) is 16.7 Å². The number of carboxylic acids is 1. The maximum absolute atomic E-state index is 12.8. The molecule has 0 aromatic carbocycles. The molecule has 32 heavy (non-hydrogen) atoms. The molecule has 3 aliphatic heterocycles. The molecule has 9 nitrogen and oxygen atoms in total. The maximum atomic E-state index is 12.8. The molecular weight excluding hydrogens is 516 g/mol. The third-order valence-corrected chi connectivity index (χ3v) is 10.5. The van der Waals surface area contributed by atoms with Crippen molar-refractivity contribution in [1.82, 2.24) is 15.2 Å². The minimum atomic E-state index is -1.17. The van der Waals surface area contributed by atoms with E-state index in [1.54, 1.807) is 17.1 Å². The van der Waals surface area contributed by atoms with Crippen LogP contribution in [0.4, 0.5) is 5.13 Å². The number of β-lactam (4-membered cyclic amide) rings is 1. The number of rotatable bonds is 7. The number of nitrogens with two attached hydrogens (primary N) is 1. The Morgan fingerprint density at radius 1 is 1.50 bits per heavy atom. The molecule has 4 atom stereocenters. The van der Waals surface area contributed by atoms with Gasteiger partial charge in [-0.2, -0.15) is 11.8 Å². The first-order chi connectivity index (χ1) is 15.3. The number of thioether (sulfide) groups is 2. The van der Waals surface area contributed by atoms with E-state index in [9.17, 15) is 23.7 Å². The minimum absolute atomic E-state index is 0.0174. The lowest BCUT2D eigenvalue weighted by molar-refractivity contribution is -0.150. The molecule has 1 aromatic rings. The highest BCUT2D eigenvalue weighted by molar-refractivity contribution is 8.02. The summed E-state index contributed by atoms with van der Waals surface area (Å²) in [6.45, 7) is 0. The van der Waals surface area contributed by atoms with Gasteiger partial charge in [0.1, 0.15) is 17.1 Å². The standard InChI is InChI=1S/C18H19ClN4O5S4/c19-3-10(11-6-31-18(20)21-11)14(24)22-12-15(25)23-13(17(26)27)8(5-30-16(12)23)4-29-9-1-2-32(28)7-9/h3,6,9,12,16H,1-2,4-5,7H2,(H2,20,21)(H,22,24)(H,26,27)/t9-,12+,16-,32+/m0/s1. The lowest BCUT2D eigenvalue weighted by Gasteiger charge is -2.49. The highest BCUT2D eigenvalue weighted by atomic mass is 35.5. The highest BCUT2D eigenvalue weighted by Crippen LogP contribution is 2.42. The number of carbonyl (C=O) groups excluding carboxylic acids is 2. The third-order valence-electron chi connectivity index (χ3n) is 5.22. The quantitative estimate of drug-likeness (QED) is 0.348. The molecule has 2 saturated heterocycles. The average molecular weight is 535 g/mol. The Labute approximate surface area is 203 Å². The van der Waals surface area contributed by atoms with Crippen molar-refractivity contribution in [2.75, 3.05) is 28.7 Å². The first-order valence-electron chi connectivity index (χ1n) is 9.49. The topological polar surface area (TPSA) is 143 Å². The van der Waals surface area contributed by atoms with Gasteiger partial charge in [-0.15, -0.1) is 23.1 Å². The van der Waals surface area contributed by atoms with Crippen LogP contribution < -0.4 is 11.1 Å².